The Morgan fingerprint density at radius 2 is 1.65 bits per heavy atom. The van der Waals surface area contributed by atoms with Gasteiger partial charge in [-0.2, -0.15) is 0 Å². The highest BCUT2D eigenvalue weighted by molar-refractivity contribution is 5.73. The van der Waals surface area contributed by atoms with Crippen molar-refractivity contribution in [1.29, 1.82) is 0 Å². The van der Waals surface area contributed by atoms with Crippen LogP contribution in [0.3, 0.4) is 0 Å². The largest absolute Gasteiger partial charge is 0.509 e. The van der Waals surface area contributed by atoms with E-state index in [0.29, 0.717) is 25.9 Å². The maximum absolute atomic E-state index is 14.6. The molecule has 4 rings (SSSR count). The first-order valence-electron chi connectivity index (χ1n) is 21.9. The van der Waals surface area contributed by atoms with Gasteiger partial charge in [0.15, 0.2) is 30.4 Å². The zero-order valence-electron chi connectivity index (χ0n) is 38.8. The van der Waals surface area contributed by atoms with Crippen LogP contribution in [0, 0.1) is 17.8 Å². The lowest BCUT2D eigenvalue weighted by Gasteiger charge is -2.49. The van der Waals surface area contributed by atoms with Crippen molar-refractivity contribution in [2.75, 3.05) is 41.3 Å². The molecule has 4 saturated heterocycles. The summed E-state index contributed by atoms with van der Waals surface area (Å²) in [7, 11) is 7.21. The van der Waals surface area contributed by atoms with E-state index in [1.807, 2.05) is 79.4 Å². The number of methoxy groups -OCH3 is 1. The van der Waals surface area contributed by atoms with Gasteiger partial charge in [-0.3, -0.25) is 9.69 Å². The van der Waals surface area contributed by atoms with Gasteiger partial charge in [0.25, 0.3) is 0 Å². The van der Waals surface area contributed by atoms with Crippen molar-refractivity contribution in [3.05, 3.63) is 0 Å². The van der Waals surface area contributed by atoms with Crippen molar-refractivity contribution in [2.24, 2.45) is 17.8 Å². The van der Waals surface area contributed by atoms with Crippen molar-refractivity contribution in [1.82, 2.24) is 15.1 Å². The number of esters is 1. The van der Waals surface area contributed by atoms with Crippen LogP contribution in [0.4, 0.5) is 9.59 Å². The lowest BCUT2D eigenvalue weighted by atomic mass is 9.77. The van der Waals surface area contributed by atoms with Gasteiger partial charge in [0.1, 0.15) is 17.8 Å². The van der Waals surface area contributed by atoms with E-state index in [4.69, 9.17) is 42.6 Å². The lowest BCUT2D eigenvalue weighted by molar-refractivity contribution is -0.317. The Kier molecular flexibility index (Phi) is 17.1. The van der Waals surface area contributed by atoms with Gasteiger partial charge in [-0.1, -0.05) is 27.7 Å². The molecule has 3 N–H and O–H groups in total. The molecule has 17 heteroatoms. The predicted molar refractivity (Wildman–Crippen MR) is 220 cm³/mol. The zero-order chi connectivity index (χ0) is 45.1. The molecule has 0 aromatic rings. The number of nitrogens with zero attached hydrogens (tertiary/aromatic N) is 2. The molecule has 0 unspecified atom stereocenters. The summed E-state index contributed by atoms with van der Waals surface area (Å²) in [5, 5.41) is 27.1. The number of rotatable bonds is 10. The maximum atomic E-state index is 14.6. The number of ether oxygens (including phenoxy) is 9. The highest BCUT2D eigenvalue weighted by Crippen LogP contribution is 2.42. The first-order chi connectivity index (χ1) is 27.9. The van der Waals surface area contributed by atoms with E-state index in [2.05, 4.69) is 5.32 Å². The average Bonchev–Trinajstić information content (AvgIpc) is 3.48. The molecule has 4 heterocycles. The van der Waals surface area contributed by atoms with Gasteiger partial charge in [0, 0.05) is 44.6 Å². The highest BCUT2D eigenvalue weighted by Gasteiger charge is 2.58. The van der Waals surface area contributed by atoms with Crippen LogP contribution < -0.4 is 5.32 Å². The number of likely N-dealkylation sites (N-methyl/N-ethyl adjacent to an activating group) is 2. The fourth-order valence-electron chi connectivity index (χ4n) is 9.94. The van der Waals surface area contributed by atoms with E-state index in [1.165, 1.54) is 7.11 Å². The number of carbonyl (C=O) groups is 3. The molecule has 348 valence electrons. The number of aliphatic hydroxyl groups is 2. The smallest absolute Gasteiger partial charge is 0.458 e. The summed E-state index contributed by atoms with van der Waals surface area (Å²) in [6.07, 6.45) is -8.27. The summed E-state index contributed by atoms with van der Waals surface area (Å²) < 4.78 is 56.2. The Morgan fingerprint density at radius 3 is 2.25 bits per heavy atom. The van der Waals surface area contributed by atoms with Gasteiger partial charge in [-0.15, -0.1) is 0 Å². The number of nitrogens with one attached hydrogen (secondary N) is 1. The SMILES string of the molecule is CCCNC(=O)O[C@H]1[C@H](C)O[C@@H](O[C@H]2[C@H](C)[C@@H](O[C@@H]3O[C@H](C)C[C@H](N(C)C)[C@H]3O)[C@](C)(O)C[C@@H](C)CN(C)[C@H](C)[C@H]3OC(=O)O[C@]3(C)[C@@H](CC)OC(=O)[C@@H]2C)C[C@@]1(C)OC. The predicted octanol–water partition coefficient (Wildman–Crippen LogP) is 4.23. The monoisotopic (exact) mass is 860 g/mol. The molecular formula is C43H77N3O14. The lowest BCUT2D eigenvalue weighted by Crippen LogP contribution is -2.61. The Hall–Kier alpha value is -2.35. The normalized spacial score (nSPS) is 45.1. The van der Waals surface area contributed by atoms with Gasteiger partial charge >= 0.3 is 18.2 Å². The number of aliphatic hydroxyl groups excluding tert-OH is 1. The van der Waals surface area contributed by atoms with E-state index in [-0.39, 0.29) is 36.9 Å². The van der Waals surface area contributed by atoms with E-state index >= 15 is 0 Å². The molecule has 0 aliphatic carbocycles. The van der Waals surface area contributed by atoms with Crippen LogP contribution in [0.2, 0.25) is 0 Å². The third kappa shape index (κ3) is 11.2. The van der Waals surface area contributed by atoms with Crippen molar-refractivity contribution in [2.45, 2.75) is 199 Å². The van der Waals surface area contributed by atoms with Crippen molar-refractivity contribution in [3.63, 3.8) is 0 Å². The molecule has 4 aliphatic heterocycles. The number of fused-ring (bicyclic) bond motifs is 1. The van der Waals surface area contributed by atoms with Gasteiger partial charge in [-0.25, -0.2) is 9.59 Å². The molecule has 0 radical (unpaired) electrons. The summed E-state index contributed by atoms with van der Waals surface area (Å²) in [6, 6.07) is -0.657. The Balaban J connectivity index is 1.81. The van der Waals surface area contributed by atoms with Crippen LogP contribution in [0.5, 0.6) is 0 Å². The fraction of sp³-hybridized carbons (Fsp3) is 0.930. The molecule has 0 saturated carbocycles. The second kappa shape index (κ2) is 20.4. The molecule has 4 fully saturated rings. The topological polar surface area (TPSA) is 193 Å². The van der Waals surface area contributed by atoms with Crippen molar-refractivity contribution >= 4 is 18.2 Å². The number of alkyl carbamates (subject to hydrolysis) is 1. The third-order valence-electron chi connectivity index (χ3n) is 13.4. The standard InChI is InChI=1S/C43H77N3O14/c1-16-18-44-39(49)58-36-28(8)54-31(21-42(36,10)52-15)56-33-25(5)34(57-38-32(47)29(45(12)13)19-24(4)53-38)41(9,51)20-23(3)22-46(14)27(7)35-43(11,60-40(50)59-35)30(17-2)55-37(48)26(33)6/h23-36,38,47,51H,16-22H2,1-15H3,(H,44,49)/t23-,24-,25+,26-,27-,28+,29+,30-,31+,32-,33+,34-,35-,36+,38+,41-,42-,43-/m1/s1. The molecule has 17 nitrogen and oxygen atoms in total. The molecule has 18 atom stereocenters. The minimum absolute atomic E-state index is 0.102. The van der Waals surface area contributed by atoms with Gasteiger partial charge in [0.05, 0.1) is 35.9 Å². The molecule has 0 aromatic heterocycles. The maximum Gasteiger partial charge on any atom is 0.509 e. The van der Waals surface area contributed by atoms with E-state index < -0.39 is 102 Å². The van der Waals surface area contributed by atoms with E-state index in [0.717, 1.165) is 6.42 Å². The van der Waals surface area contributed by atoms with Crippen molar-refractivity contribution in [3.8, 4) is 0 Å². The van der Waals surface area contributed by atoms with Crippen LogP contribution in [0.1, 0.15) is 108 Å². The quantitative estimate of drug-likeness (QED) is 0.209. The molecular weight excluding hydrogens is 782 g/mol. The minimum atomic E-state index is -1.58. The van der Waals surface area contributed by atoms with Crippen LogP contribution in [-0.2, 0) is 47.4 Å². The summed E-state index contributed by atoms with van der Waals surface area (Å²) in [5.41, 5.74) is -3.98. The molecule has 60 heavy (non-hydrogen) atoms. The third-order valence-corrected chi connectivity index (χ3v) is 13.4. The summed E-state index contributed by atoms with van der Waals surface area (Å²) in [6.45, 7) is 21.1. The number of hydrogen-bond acceptors (Lipinski definition) is 16. The number of amides is 1. The van der Waals surface area contributed by atoms with Crippen LogP contribution in [0.15, 0.2) is 0 Å². The molecule has 1 amide bonds. The summed E-state index contributed by atoms with van der Waals surface area (Å²) >= 11 is 0. The van der Waals surface area contributed by atoms with Gasteiger partial charge < -0.3 is 63.1 Å². The van der Waals surface area contributed by atoms with Crippen LogP contribution >= 0.6 is 0 Å². The van der Waals surface area contributed by atoms with Crippen molar-refractivity contribution < 1.29 is 67.2 Å². The van der Waals surface area contributed by atoms with Gasteiger partial charge in [0.2, 0.25) is 0 Å². The summed E-state index contributed by atoms with van der Waals surface area (Å²) in [4.78, 5) is 44.1. The Labute approximate surface area is 357 Å². The molecule has 0 aromatic carbocycles. The molecule has 0 bridgehead atoms. The fourth-order valence-corrected chi connectivity index (χ4v) is 9.94. The summed E-state index contributed by atoms with van der Waals surface area (Å²) in [5.74, 6) is -2.59. The molecule has 4 aliphatic rings. The number of hydrogen-bond donors (Lipinski definition) is 3. The Bertz CT molecular complexity index is 1440. The van der Waals surface area contributed by atoms with E-state index in [1.54, 1.807) is 27.7 Å². The number of carbonyl (C=O) groups excluding carboxylic acids is 3. The van der Waals surface area contributed by atoms with E-state index in [9.17, 15) is 24.6 Å². The first-order valence-corrected chi connectivity index (χ1v) is 21.9. The van der Waals surface area contributed by atoms with Crippen LogP contribution in [-0.4, -0.2) is 170 Å². The highest BCUT2D eigenvalue weighted by atomic mass is 16.8. The van der Waals surface area contributed by atoms with Gasteiger partial charge in [-0.05, 0) is 101 Å². The average molecular weight is 860 g/mol. The van der Waals surface area contributed by atoms with Crippen LogP contribution in [0.25, 0.3) is 0 Å². The Morgan fingerprint density at radius 1 is 0.983 bits per heavy atom. The second-order valence-corrected chi connectivity index (χ2v) is 18.9. The minimum Gasteiger partial charge on any atom is -0.458 e. The number of cyclic esters (lactones) is 1. The first kappa shape index (κ1) is 50.3. The second-order valence-electron chi connectivity index (χ2n) is 18.9. The molecule has 0 spiro atoms. The zero-order valence-corrected chi connectivity index (χ0v) is 38.8.